The Balaban J connectivity index is 2.19. The summed E-state index contributed by atoms with van der Waals surface area (Å²) in [5.41, 5.74) is 7.10. The zero-order valence-corrected chi connectivity index (χ0v) is 20.7. The number of rotatable bonds is 10. The van der Waals surface area contributed by atoms with E-state index in [1.165, 1.54) is 24.8 Å². The molecule has 0 atom stereocenters. The number of aliphatic hydroxyl groups excluding tert-OH is 1. The molecule has 1 aliphatic rings. The number of aromatic nitrogens is 1. The Morgan fingerprint density at radius 3 is 2.25 bits per heavy atom. The fraction of sp³-hybridized carbons (Fsp3) is 0.607. The van der Waals surface area contributed by atoms with E-state index in [-0.39, 0.29) is 18.3 Å². The van der Waals surface area contributed by atoms with E-state index in [0.29, 0.717) is 12.5 Å². The van der Waals surface area contributed by atoms with Crippen LogP contribution < -0.4 is 0 Å². The van der Waals surface area contributed by atoms with Gasteiger partial charge in [-0.15, -0.1) is 0 Å². The minimum atomic E-state index is -0.138. The first-order valence-corrected chi connectivity index (χ1v) is 12.5. The predicted molar refractivity (Wildman–Crippen MR) is 131 cm³/mol. The van der Waals surface area contributed by atoms with Crippen LogP contribution in [0, 0.1) is 5.82 Å². The normalized spacial score (nSPS) is 14.8. The number of nitrogens with zero attached hydrogens (tertiary/aromatic N) is 2. The van der Waals surface area contributed by atoms with Crippen LogP contribution in [-0.2, 0) is 19.6 Å². The highest BCUT2D eigenvalue weighted by Crippen LogP contribution is 2.38. The summed E-state index contributed by atoms with van der Waals surface area (Å²) >= 11 is 0. The summed E-state index contributed by atoms with van der Waals surface area (Å²) in [6, 6.07) is 5.54. The molecular formula is C28H41FN2O. The van der Waals surface area contributed by atoms with Crippen molar-refractivity contribution in [3.63, 3.8) is 0 Å². The van der Waals surface area contributed by atoms with Crippen molar-refractivity contribution in [2.75, 3.05) is 13.1 Å². The molecule has 2 heterocycles. The number of likely N-dealkylation sites (tertiary alicyclic amines) is 1. The van der Waals surface area contributed by atoms with Gasteiger partial charge in [-0.25, -0.2) is 4.39 Å². The molecule has 1 aromatic carbocycles. The molecule has 1 aliphatic heterocycles. The van der Waals surface area contributed by atoms with Crippen molar-refractivity contribution >= 4 is 0 Å². The maximum Gasteiger partial charge on any atom is 0.127 e. The maximum absolute atomic E-state index is 14.8. The Hall–Kier alpha value is -1.78. The van der Waals surface area contributed by atoms with Crippen LogP contribution in [0.4, 0.5) is 4.39 Å². The molecule has 1 fully saturated rings. The monoisotopic (exact) mass is 440 g/mol. The molecule has 32 heavy (non-hydrogen) atoms. The number of unbranched alkanes of at least 4 members (excludes halogenated alkanes) is 2. The van der Waals surface area contributed by atoms with Gasteiger partial charge in [0.25, 0.3) is 0 Å². The van der Waals surface area contributed by atoms with Gasteiger partial charge >= 0.3 is 0 Å². The number of benzene rings is 1. The van der Waals surface area contributed by atoms with Crippen LogP contribution >= 0.6 is 0 Å². The van der Waals surface area contributed by atoms with Crippen LogP contribution in [0.25, 0.3) is 11.1 Å². The molecule has 1 saturated heterocycles. The lowest BCUT2D eigenvalue weighted by Gasteiger charge is -2.25. The predicted octanol–water partition coefficient (Wildman–Crippen LogP) is 6.96. The number of hydrogen-bond donors (Lipinski definition) is 1. The van der Waals surface area contributed by atoms with Crippen LogP contribution in [0.1, 0.15) is 107 Å². The van der Waals surface area contributed by atoms with Crippen LogP contribution in [0.15, 0.2) is 18.2 Å². The average molecular weight is 441 g/mol. The summed E-state index contributed by atoms with van der Waals surface area (Å²) in [5.74, 6) is 0.365. The number of halogens is 1. The standard InChI is InChI=1S/C28H41FN2O/c1-6-7-8-11-23-26(24(18-32)28(20(4)5)30-27(23)19(2)3)21-12-13-25(29)22(16-21)17-31-14-9-10-15-31/h12-13,16,19-20,32H,6-11,14-15,17-18H2,1-5H3. The summed E-state index contributed by atoms with van der Waals surface area (Å²) in [7, 11) is 0. The topological polar surface area (TPSA) is 36.4 Å². The van der Waals surface area contributed by atoms with E-state index in [1.807, 2.05) is 12.1 Å². The zero-order valence-electron chi connectivity index (χ0n) is 20.7. The number of pyridine rings is 1. The van der Waals surface area contributed by atoms with E-state index in [4.69, 9.17) is 4.98 Å². The van der Waals surface area contributed by atoms with Gasteiger partial charge in [-0.1, -0.05) is 53.5 Å². The molecule has 2 aromatic rings. The Labute approximate surface area is 194 Å². The summed E-state index contributed by atoms with van der Waals surface area (Å²) in [6.45, 7) is 13.6. The SMILES string of the molecule is CCCCCc1c(C(C)C)nc(C(C)C)c(CO)c1-c1ccc(F)c(CN2CCCC2)c1. The second kappa shape index (κ2) is 11.4. The summed E-state index contributed by atoms with van der Waals surface area (Å²) < 4.78 is 14.8. The number of hydrogen-bond acceptors (Lipinski definition) is 3. The van der Waals surface area contributed by atoms with Gasteiger partial charge in [-0.2, -0.15) is 0 Å². The lowest BCUT2D eigenvalue weighted by Crippen LogP contribution is -2.19. The molecule has 1 N–H and O–H groups in total. The molecule has 0 spiro atoms. The van der Waals surface area contributed by atoms with Crippen LogP contribution in [0.5, 0.6) is 0 Å². The first-order chi connectivity index (χ1) is 15.4. The third-order valence-corrected chi connectivity index (χ3v) is 6.67. The highest BCUT2D eigenvalue weighted by molar-refractivity contribution is 5.74. The van der Waals surface area contributed by atoms with Gasteiger partial charge in [0, 0.05) is 29.1 Å². The van der Waals surface area contributed by atoms with E-state index >= 15 is 0 Å². The molecule has 0 unspecified atom stereocenters. The van der Waals surface area contributed by atoms with Crippen molar-refractivity contribution < 1.29 is 9.50 Å². The summed E-state index contributed by atoms with van der Waals surface area (Å²) in [4.78, 5) is 7.42. The van der Waals surface area contributed by atoms with Crippen LogP contribution in [-0.4, -0.2) is 28.1 Å². The molecule has 0 bridgehead atoms. The smallest absolute Gasteiger partial charge is 0.127 e. The van der Waals surface area contributed by atoms with Gasteiger partial charge in [-0.3, -0.25) is 9.88 Å². The fourth-order valence-corrected chi connectivity index (χ4v) is 5.00. The molecule has 0 radical (unpaired) electrons. The molecule has 3 rings (SSSR count). The molecule has 0 aliphatic carbocycles. The molecular weight excluding hydrogens is 399 g/mol. The number of aliphatic hydroxyl groups is 1. The van der Waals surface area contributed by atoms with Gasteiger partial charge in [0.1, 0.15) is 5.82 Å². The zero-order chi connectivity index (χ0) is 23.3. The van der Waals surface area contributed by atoms with Gasteiger partial charge in [0.2, 0.25) is 0 Å². The lowest BCUT2D eigenvalue weighted by atomic mass is 9.85. The Morgan fingerprint density at radius 2 is 1.66 bits per heavy atom. The molecule has 176 valence electrons. The largest absolute Gasteiger partial charge is 0.392 e. The van der Waals surface area contributed by atoms with Gasteiger partial charge in [0.15, 0.2) is 0 Å². The van der Waals surface area contributed by atoms with Gasteiger partial charge < -0.3 is 5.11 Å². The maximum atomic E-state index is 14.8. The Bertz CT molecular complexity index is 901. The van der Waals surface area contributed by atoms with E-state index in [2.05, 4.69) is 39.5 Å². The lowest BCUT2D eigenvalue weighted by molar-refractivity contribution is 0.279. The van der Waals surface area contributed by atoms with Gasteiger partial charge in [-0.05, 0) is 79.4 Å². The van der Waals surface area contributed by atoms with Crippen LogP contribution in [0.3, 0.4) is 0 Å². The van der Waals surface area contributed by atoms with E-state index in [0.717, 1.165) is 66.0 Å². The van der Waals surface area contributed by atoms with E-state index in [9.17, 15) is 9.50 Å². The van der Waals surface area contributed by atoms with Crippen molar-refractivity contribution in [1.29, 1.82) is 0 Å². The highest BCUT2D eigenvalue weighted by Gasteiger charge is 2.24. The Kier molecular flexibility index (Phi) is 8.84. The third kappa shape index (κ3) is 5.58. The first kappa shape index (κ1) is 24.9. The summed E-state index contributed by atoms with van der Waals surface area (Å²) in [5, 5.41) is 10.5. The Morgan fingerprint density at radius 1 is 1.00 bits per heavy atom. The van der Waals surface area contributed by atoms with Crippen molar-refractivity contribution in [1.82, 2.24) is 9.88 Å². The third-order valence-electron chi connectivity index (χ3n) is 6.67. The average Bonchev–Trinajstić information content (AvgIpc) is 3.27. The second-order valence-electron chi connectivity index (χ2n) is 9.93. The molecule has 4 heteroatoms. The minimum Gasteiger partial charge on any atom is -0.392 e. The van der Waals surface area contributed by atoms with Crippen molar-refractivity contribution in [2.24, 2.45) is 0 Å². The molecule has 0 saturated carbocycles. The van der Waals surface area contributed by atoms with Crippen molar-refractivity contribution in [3.05, 3.63) is 52.1 Å². The van der Waals surface area contributed by atoms with E-state index < -0.39 is 0 Å². The van der Waals surface area contributed by atoms with Gasteiger partial charge in [0.05, 0.1) is 6.61 Å². The second-order valence-corrected chi connectivity index (χ2v) is 9.93. The van der Waals surface area contributed by atoms with Crippen LogP contribution in [0.2, 0.25) is 0 Å². The van der Waals surface area contributed by atoms with Crippen molar-refractivity contribution in [2.45, 2.75) is 98.1 Å². The molecule has 1 aromatic heterocycles. The quantitative estimate of drug-likeness (QED) is 0.406. The van der Waals surface area contributed by atoms with Crippen molar-refractivity contribution in [3.8, 4) is 11.1 Å². The molecule has 3 nitrogen and oxygen atoms in total. The highest BCUT2D eigenvalue weighted by atomic mass is 19.1. The fourth-order valence-electron chi connectivity index (χ4n) is 5.00. The minimum absolute atomic E-state index is 0.0478. The van der Waals surface area contributed by atoms with E-state index in [1.54, 1.807) is 6.07 Å². The summed E-state index contributed by atoms with van der Waals surface area (Å²) in [6.07, 6.45) is 6.75. The molecule has 0 amide bonds. The first-order valence-electron chi connectivity index (χ1n) is 12.5.